The Morgan fingerprint density at radius 1 is 1.19 bits per heavy atom. The van der Waals surface area contributed by atoms with Gasteiger partial charge in [0.05, 0.1) is 26.2 Å². The molecule has 0 spiro atoms. The lowest BCUT2D eigenvalue weighted by atomic mass is 9.98. The number of likely N-dealkylation sites (N-methyl/N-ethyl adjacent to an activating group) is 1. The third-order valence-electron chi connectivity index (χ3n) is 3.82. The second kappa shape index (κ2) is 5.73. The number of hydrogen-bond donors (Lipinski definition) is 0. The van der Waals surface area contributed by atoms with Gasteiger partial charge >= 0.3 is 0 Å². The van der Waals surface area contributed by atoms with Crippen molar-refractivity contribution >= 4 is 15.7 Å². The highest BCUT2D eigenvalue weighted by Gasteiger charge is 2.32. The first-order valence-corrected chi connectivity index (χ1v) is 8.51. The fourth-order valence-electron chi connectivity index (χ4n) is 2.57. The fourth-order valence-corrected chi connectivity index (χ4v) is 3.54. The molecule has 0 aliphatic carbocycles. The molecule has 118 valence electrons. The van der Waals surface area contributed by atoms with Gasteiger partial charge in [0, 0.05) is 18.7 Å². The predicted molar refractivity (Wildman–Crippen MR) is 82.9 cm³/mol. The van der Waals surface area contributed by atoms with Gasteiger partial charge in [0.15, 0.2) is 11.5 Å². The molecule has 1 aliphatic rings. The summed E-state index contributed by atoms with van der Waals surface area (Å²) in [5.74, 6) is 1.15. The first-order valence-electron chi connectivity index (χ1n) is 6.67. The van der Waals surface area contributed by atoms with E-state index in [0.29, 0.717) is 23.7 Å². The zero-order chi connectivity index (χ0) is 15.8. The first-order chi connectivity index (χ1) is 9.77. The van der Waals surface area contributed by atoms with Gasteiger partial charge in [0.2, 0.25) is 10.0 Å². The van der Waals surface area contributed by atoms with Crippen molar-refractivity contribution in [3.63, 3.8) is 0 Å². The normalized spacial score (nSPS) is 18.6. The fraction of sp³-hybridized carbons (Fsp3) is 0.571. The zero-order valence-corrected chi connectivity index (χ0v) is 13.9. The van der Waals surface area contributed by atoms with Gasteiger partial charge in [-0.2, -0.15) is 0 Å². The number of benzene rings is 1. The molecule has 0 radical (unpaired) electrons. The van der Waals surface area contributed by atoms with Gasteiger partial charge in [0.25, 0.3) is 0 Å². The van der Waals surface area contributed by atoms with Crippen molar-refractivity contribution in [2.75, 3.05) is 45.4 Å². The molecule has 7 heteroatoms. The minimum atomic E-state index is -3.34. The van der Waals surface area contributed by atoms with Gasteiger partial charge in [-0.25, -0.2) is 8.42 Å². The molecule has 1 aliphatic heterocycles. The van der Waals surface area contributed by atoms with E-state index < -0.39 is 10.0 Å². The molecule has 0 N–H and O–H groups in total. The predicted octanol–water partition coefficient (Wildman–Crippen LogP) is 0.956. The Balaban J connectivity index is 2.58. The van der Waals surface area contributed by atoms with E-state index in [0.717, 1.165) is 12.0 Å². The first kappa shape index (κ1) is 15.9. The molecule has 1 atom stereocenters. The second-order valence-electron chi connectivity index (χ2n) is 5.45. The Hall–Kier alpha value is -1.47. The van der Waals surface area contributed by atoms with Crippen LogP contribution in [0.4, 0.5) is 5.69 Å². The molecule has 21 heavy (non-hydrogen) atoms. The third-order valence-corrected chi connectivity index (χ3v) is 4.96. The summed E-state index contributed by atoms with van der Waals surface area (Å²) in [6.07, 6.45) is 2.00. The van der Waals surface area contributed by atoms with Gasteiger partial charge < -0.3 is 14.4 Å². The molecular formula is C14H22N2O4S. The maximum Gasteiger partial charge on any atom is 0.232 e. The molecule has 2 rings (SSSR count). The van der Waals surface area contributed by atoms with E-state index in [1.54, 1.807) is 20.3 Å². The second-order valence-corrected chi connectivity index (χ2v) is 7.36. The Morgan fingerprint density at radius 3 is 2.24 bits per heavy atom. The van der Waals surface area contributed by atoms with Crippen molar-refractivity contribution in [1.82, 2.24) is 4.90 Å². The third kappa shape index (κ3) is 3.08. The molecule has 0 aromatic heterocycles. The van der Waals surface area contributed by atoms with Gasteiger partial charge in [-0.05, 0) is 32.1 Å². The zero-order valence-electron chi connectivity index (χ0n) is 13.1. The molecule has 0 saturated heterocycles. The average Bonchev–Trinajstić information content (AvgIpc) is 2.43. The molecule has 6 nitrogen and oxygen atoms in total. The van der Waals surface area contributed by atoms with Crippen molar-refractivity contribution in [2.45, 2.75) is 12.5 Å². The molecule has 0 amide bonds. The number of sulfonamides is 1. The maximum atomic E-state index is 12.1. The SMILES string of the molecule is COc1cc2c(cc1OC)N(S(C)(=O)=O)CC(N(C)C)C2. The van der Waals surface area contributed by atoms with E-state index in [4.69, 9.17) is 9.47 Å². The van der Waals surface area contributed by atoms with Gasteiger partial charge in [-0.1, -0.05) is 0 Å². The molecule has 0 fully saturated rings. The minimum absolute atomic E-state index is 0.130. The molecule has 1 unspecified atom stereocenters. The molecule has 1 aromatic rings. The summed E-state index contributed by atoms with van der Waals surface area (Å²) in [6, 6.07) is 3.73. The van der Waals surface area contributed by atoms with Crippen LogP contribution in [0.1, 0.15) is 5.56 Å². The van der Waals surface area contributed by atoms with Crippen LogP contribution in [0, 0.1) is 0 Å². The summed E-state index contributed by atoms with van der Waals surface area (Å²) in [5, 5.41) is 0. The van der Waals surface area contributed by atoms with Gasteiger partial charge in [0.1, 0.15) is 0 Å². The number of hydrogen-bond acceptors (Lipinski definition) is 5. The lowest BCUT2D eigenvalue weighted by molar-refractivity contribution is 0.292. The van der Waals surface area contributed by atoms with Crippen LogP contribution in [-0.4, -0.2) is 60.5 Å². The average molecular weight is 314 g/mol. The van der Waals surface area contributed by atoms with E-state index in [1.807, 2.05) is 25.1 Å². The van der Waals surface area contributed by atoms with Crippen LogP contribution in [0.2, 0.25) is 0 Å². The number of nitrogens with zero attached hydrogens (tertiary/aromatic N) is 2. The molecule has 1 aromatic carbocycles. The highest BCUT2D eigenvalue weighted by molar-refractivity contribution is 7.92. The topological polar surface area (TPSA) is 59.1 Å². The van der Waals surface area contributed by atoms with Crippen molar-refractivity contribution in [2.24, 2.45) is 0 Å². The number of rotatable bonds is 4. The largest absolute Gasteiger partial charge is 0.493 e. The van der Waals surface area contributed by atoms with E-state index in [9.17, 15) is 8.42 Å². The molecular weight excluding hydrogens is 292 g/mol. The van der Waals surface area contributed by atoms with Crippen LogP contribution in [0.5, 0.6) is 11.5 Å². The van der Waals surface area contributed by atoms with Crippen molar-refractivity contribution in [3.8, 4) is 11.5 Å². The number of anilines is 1. The Morgan fingerprint density at radius 2 is 1.76 bits per heavy atom. The lowest BCUT2D eigenvalue weighted by Crippen LogP contribution is -2.47. The number of methoxy groups -OCH3 is 2. The summed E-state index contributed by atoms with van der Waals surface area (Å²) in [5.41, 5.74) is 1.62. The van der Waals surface area contributed by atoms with E-state index in [-0.39, 0.29) is 6.04 Å². The summed E-state index contributed by atoms with van der Waals surface area (Å²) in [7, 11) is 3.69. The van der Waals surface area contributed by atoms with Crippen LogP contribution in [0.3, 0.4) is 0 Å². The molecule has 1 heterocycles. The molecule has 0 bridgehead atoms. The van der Waals surface area contributed by atoms with E-state index in [2.05, 4.69) is 0 Å². The highest BCUT2D eigenvalue weighted by Crippen LogP contribution is 2.39. The Labute approximate surface area is 126 Å². The van der Waals surface area contributed by atoms with Crippen LogP contribution in [-0.2, 0) is 16.4 Å². The quantitative estimate of drug-likeness (QED) is 0.828. The minimum Gasteiger partial charge on any atom is -0.493 e. The van der Waals surface area contributed by atoms with Crippen molar-refractivity contribution in [3.05, 3.63) is 17.7 Å². The van der Waals surface area contributed by atoms with Crippen LogP contribution < -0.4 is 13.8 Å². The summed E-state index contributed by atoms with van der Waals surface area (Å²) in [4.78, 5) is 2.04. The van der Waals surface area contributed by atoms with Gasteiger partial charge in [-0.15, -0.1) is 0 Å². The van der Waals surface area contributed by atoms with E-state index in [1.165, 1.54) is 10.6 Å². The maximum absolute atomic E-state index is 12.1. The van der Waals surface area contributed by atoms with Crippen LogP contribution in [0.15, 0.2) is 12.1 Å². The van der Waals surface area contributed by atoms with Crippen LogP contribution >= 0.6 is 0 Å². The molecule has 0 saturated carbocycles. The summed E-state index contributed by atoms with van der Waals surface area (Å²) in [6.45, 7) is 0.439. The monoisotopic (exact) mass is 314 g/mol. The smallest absolute Gasteiger partial charge is 0.232 e. The van der Waals surface area contributed by atoms with Gasteiger partial charge in [-0.3, -0.25) is 4.31 Å². The lowest BCUT2D eigenvalue weighted by Gasteiger charge is -2.37. The Kier molecular flexibility index (Phi) is 4.34. The van der Waals surface area contributed by atoms with Crippen molar-refractivity contribution < 1.29 is 17.9 Å². The summed E-state index contributed by atoms with van der Waals surface area (Å²) >= 11 is 0. The number of fused-ring (bicyclic) bond motifs is 1. The summed E-state index contributed by atoms with van der Waals surface area (Å²) < 4.78 is 36.2. The standard InChI is InChI=1S/C14H22N2O4S/c1-15(2)11-6-10-7-13(19-3)14(20-4)8-12(10)16(9-11)21(5,17)18/h7-8,11H,6,9H2,1-5H3. The van der Waals surface area contributed by atoms with E-state index >= 15 is 0 Å². The van der Waals surface area contributed by atoms with Crippen LogP contribution in [0.25, 0.3) is 0 Å². The van der Waals surface area contributed by atoms with Crippen molar-refractivity contribution in [1.29, 1.82) is 0 Å². The number of ether oxygens (including phenoxy) is 2. The Bertz CT molecular complexity index is 628. The highest BCUT2D eigenvalue weighted by atomic mass is 32.2.